The minimum Gasteiger partial charge on any atom is -0.479 e. The summed E-state index contributed by atoms with van der Waals surface area (Å²) in [6.45, 7) is 0.671. The highest BCUT2D eigenvalue weighted by molar-refractivity contribution is 5.72. The summed E-state index contributed by atoms with van der Waals surface area (Å²) in [7, 11) is 0. The van der Waals surface area contributed by atoms with Gasteiger partial charge in [0.05, 0.1) is 6.61 Å². The van der Waals surface area contributed by atoms with Crippen molar-refractivity contribution in [3.8, 4) is 0 Å². The predicted molar refractivity (Wildman–Crippen MR) is 42.9 cm³/mol. The second-order valence-corrected chi connectivity index (χ2v) is 4.03. The second-order valence-electron chi connectivity index (χ2n) is 4.03. The van der Waals surface area contributed by atoms with Gasteiger partial charge in [0.1, 0.15) is 0 Å². The molecule has 0 bridgehead atoms. The number of rotatable bonds is 1. The molecular weight excluding hydrogens is 156 g/mol. The molecule has 0 aromatic rings. The molecule has 0 radical (unpaired) electrons. The van der Waals surface area contributed by atoms with Crippen LogP contribution >= 0.6 is 0 Å². The Labute approximate surface area is 71.7 Å². The van der Waals surface area contributed by atoms with Crippen LogP contribution in [0.5, 0.6) is 0 Å². The molecule has 1 saturated heterocycles. The van der Waals surface area contributed by atoms with E-state index in [4.69, 9.17) is 9.84 Å². The molecular formula is C9H14O3. The predicted octanol–water partition coefficient (Wildman–Crippen LogP) is 1.42. The van der Waals surface area contributed by atoms with Gasteiger partial charge in [0.2, 0.25) is 0 Å². The SMILES string of the molecule is O=C(O)C1CCC2(CCC2)CO1. The van der Waals surface area contributed by atoms with Crippen molar-refractivity contribution < 1.29 is 14.6 Å². The first-order valence-electron chi connectivity index (χ1n) is 4.56. The smallest absolute Gasteiger partial charge is 0.332 e. The van der Waals surface area contributed by atoms with E-state index in [-0.39, 0.29) is 0 Å². The number of carboxylic acid groups (broad SMARTS) is 1. The van der Waals surface area contributed by atoms with Crippen molar-refractivity contribution in [2.45, 2.75) is 38.2 Å². The maximum Gasteiger partial charge on any atom is 0.332 e. The van der Waals surface area contributed by atoms with E-state index in [9.17, 15) is 4.79 Å². The fraction of sp³-hybridized carbons (Fsp3) is 0.889. The van der Waals surface area contributed by atoms with Gasteiger partial charge in [-0.2, -0.15) is 0 Å². The average Bonchev–Trinajstić information content (AvgIpc) is 2.02. The van der Waals surface area contributed by atoms with E-state index in [0.29, 0.717) is 18.4 Å². The van der Waals surface area contributed by atoms with E-state index >= 15 is 0 Å². The first kappa shape index (κ1) is 8.05. The van der Waals surface area contributed by atoms with Gasteiger partial charge >= 0.3 is 5.97 Å². The Morgan fingerprint density at radius 1 is 1.42 bits per heavy atom. The maximum atomic E-state index is 10.5. The fourth-order valence-electron chi connectivity index (χ4n) is 2.14. The van der Waals surface area contributed by atoms with E-state index < -0.39 is 12.1 Å². The molecule has 3 heteroatoms. The molecule has 0 aromatic carbocycles. The zero-order valence-electron chi connectivity index (χ0n) is 7.08. The third kappa shape index (κ3) is 1.22. The van der Waals surface area contributed by atoms with E-state index in [0.717, 1.165) is 6.42 Å². The van der Waals surface area contributed by atoms with E-state index in [1.54, 1.807) is 0 Å². The zero-order chi connectivity index (χ0) is 8.60. The maximum absolute atomic E-state index is 10.5. The van der Waals surface area contributed by atoms with Gasteiger partial charge in [0.25, 0.3) is 0 Å². The van der Waals surface area contributed by atoms with Crippen molar-refractivity contribution in [1.82, 2.24) is 0 Å². The van der Waals surface area contributed by atoms with Crippen LogP contribution < -0.4 is 0 Å². The second kappa shape index (κ2) is 2.73. The number of carbonyl (C=O) groups is 1. The van der Waals surface area contributed by atoms with Gasteiger partial charge in [-0.25, -0.2) is 4.79 Å². The Morgan fingerprint density at radius 2 is 2.17 bits per heavy atom. The summed E-state index contributed by atoms with van der Waals surface area (Å²) in [5, 5.41) is 8.67. The van der Waals surface area contributed by atoms with Crippen molar-refractivity contribution in [3.63, 3.8) is 0 Å². The lowest BCUT2D eigenvalue weighted by atomic mass is 9.65. The molecule has 1 heterocycles. The average molecular weight is 170 g/mol. The minimum absolute atomic E-state index is 0.381. The summed E-state index contributed by atoms with van der Waals surface area (Å²) in [4.78, 5) is 10.5. The summed E-state index contributed by atoms with van der Waals surface area (Å²) in [5.41, 5.74) is 0.381. The molecule has 2 rings (SSSR count). The highest BCUT2D eigenvalue weighted by atomic mass is 16.5. The minimum atomic E-state index is -0.802. The van der Waals surface area contributed by atoms with Crippen LogP contribution in [0.15, 0.2) is 0 Å². The molecule has 12 heavy (non-hydrogen) atoms. The van der Waals surface area contributed by atoms with Crippen LogP contribution in [0, 0.1) is 5.41 Å². The molecule has 0 amide bonds. The molecule has 2 aliphatic rings. The lowest BCUT2D eigenvalue weighted by Gasteiger charge is -2.45. The Balaban J connectivity index is 1.88. The molecule has 0 aromatic heterocycles. The number of ether oxygens (including phenoxy) is 1. The van der Waals surface area contributed by atoms with E-state index in [1.807, 2.05) is 0 Å². The first-order chi connectivity index (χ1) is 5.72. The highest BCUT2D eigenvalue weighted by Crippen LogP contribution is 2.47. The zero-order valence-corrected chi connectivity index (χ0v) is 7.08. The summed E-state index contributed by atoms with van der Waals surface area (Å²) >= 11 is 0. The highest BCUT2D eigenvalue weighted by Gasteiger charge is 2.42. The molecule has 3 nitrogen and oxygen atoms in total. The third-order valence-electron chi connectivity index (χ3n) is 3.22. The molecule has 1 spiro atoms. The number of hydrogen-bond acceptors (Lipinski definition) is 2. The van der Waals surface area contributed by atoms with Gasteiger partial charge in [0.15, 0.2) is 6.10 Å². The van der Waals surface area contributed by atoms with Crippen LogP contribution in [0.25, 0.3) is 0 Å². The Hall–Kier alpha value is -0.570. The van der Waals surface area contributed by atoms with Crippen LogP contribution in [-0.2, 0) is 9.53 Å². The summed E-state index contributed by atoms with van der Waals surface area (Å²) < 4.78 is 5.30. The van der Waals surface area contributed by atoms with Gasteiger partial charge in [-0.05, 0) is 31.1 Å². The lowest BCUT2D eigenvalue weighted by molar-refractivity contribution is -0.163. The van der Waals surface area contributed by atoms with Gasteiger partial charge in [-0.1, -0.05) is 6.42 Å². The van der Waals surface area contributed by atoms with Crippen molar-refractivity contribution in [2.75, 3.05) is 6.61 Å². The van der Waals surface area contributed by atoms with Crippen LogP contribution in [-0.4, -0.2) is 23.8 Å². The fourth-order valence-corrected chi connectivity index (χ4v) is 2.14. The van der Waals surface area contributed by atoms with Crippen molar-refractivity contribution >= 4 is 5.97 Å². The van der Waals surface area contributed by atoms with Gasteiger partial charge in [0, 0.05) is 0 Å². The summed E-state index contributed by atoms with van der Waals surface area (Å²) in [6, 6.07) is 0. The number of aliphatic carboxylic acids is 1. The quantitative estimate of drug-likeness (QED) is 0.647. The Morgan fingerprint density at radius 3 is 2.50 bits per heavy atom. The van der Waals surface area contributed by atoms with Crippen molar-refractivity contribution in [3.05, 3.63) is 0 Å². The lowest BCUT2D eigenvalue weighted by Crippen LogP contribution is -2.43. The Bertz CT molecular complexity index is 186. The van der Waals surface area contributed by atoms with Crippen LogP contribution in [0.1, 0.15) is 32.1 Å². The normalized spacial score (nSPS) is 32.8. The van der Waals surface area contributed by atoms with Crippen molar-refractivity contribution in [1.29, 1.82) is 0 Å². The molecule has 1 saturated carbocycles. The molecule has 2 fully saturated rings. The van der Waals surface area contributed by atoms with E-state index in [2.05, 4.69) is 0 Å². The van der Waals surface area contributed by atoms with Crippen LogP contribution in [0.3, 0.4) is 0 Å². The summed E-state index contributed by atoms with van der Waals surface area (Å²) in [6.07, 6.45) is 4.98. The molecule has 1 aliphatic carbocycles. The van der Waals surface area contributed by atoms with Crippen LogP contribution in [0.2, 0.25) is 0 Å². The first-order valence-corrected chi connectivity index (χ1v) is 4.56. The van der Waals surface area contributed by atoms with Gasteiger partial charge in [-0.3, -0.25) is 0 Å². The van der Waals surface area contributed by atoms with Crippen LogP contribution in [0.4, 0.5) is 0 Å². The van der Waals surface area contributed by atoms with E-state index in [1.165, 1.54) is 19.3 Å². The monoisotopic (exact) mass is 170 g/mol. The van der Waals surface area contributed by atoms with Crippen molar-refractivity contribution in [2.24, 2.45) is 5.41 Å². The molecule has 1 N–H and O–H groups in total. The molecule has 68 valence electrons. The topological polar surface area (TPSA) is 46.5 Å². The molecule has 1 unspecified atom stereocenters. The van der Waals surface area contributed by atoms with Gasteiger partial charge < -0.3 is 9.84 Å². The molecule has 1 aliphatic heterocycles. The third-order valence-corrected chi connectivity index (χ3v) is 3.22. The molecule has 1 atom stereocenters. The van der Waals surface area contributed by atoms with Gasteiger partial charge in [-0.15, -0.1) is 0 Å². The largest absolute Gasteiger partial charge is 0.479 e. The Kier molecular flexibility index (Phi) is 1.83. The number of carboxylic acids is 1. The standard InChI is InChI=1S/C9H14O3/c10-8(11)7-2-5-9(6-12-7)3-1-4-9/h7H,1-6H2,(H,10,11). The summed E-state index contributed by atoms with van der Waals surface area (Å²) in [5.74, 6) is -0.802. The number of hydrogen-bond donors (Lipinski definition) is 1.